The van der Waals surface area contributed by atoms with Crippen molar-refractivity contribution in [3.8, 4) is 11.5 Å². The van der Waals surface area contributed by atoms with Crippen LogP contribution in [0.25, 0.3) is 27.6 Å². The zero-order valence-electron chi connectivity index (χ0n) is 14.7. The summed E-state index contributed by atoms with van der Waals surface area (Å²) in [6.07, 6.45) is 1.86. The molecule has 130 valence electrons. The van der Waals surface area contributed by atoms with Crippen molar-refractivity contribution in [3.05, 3.63) is 89.7 Å². The minimum absolute atomic E-state index is 0.107. The molecule has 3 nitrogen and oxygen atoms in total. The number of rotatable bonds is 2. The maximum absolute atomic E-state index is 12.8. The molecule has 0 unspecified atom stereocenters. The number of fused-ring (bicyclic) bond motifs is 3. The van der Waals surface area contributed by atoms with Gasteiger partial charge in [-0.05, 0) is 51.4 Å². The van der Waals surface area contributed by atoms with Crippen LogP contribution in [0.2, 0.25) is 0 Å². The molecule has 1 heterocycles. The summed E-state index contributed by atoms with van der Waals surface area (Å²) < 4.78 is 11.1. The summed E-state index contributed by atoms with van der Waals surface area (Å²) >= 11 is 0. The van der Waals surface area contributed by atoms with Crippen molar-refractivity contribution in [3.63, 3.8) is 0 Å². The zero-order chi connectivity index (χ0) is 18.4. The van der Waals surface area contributed by atoms with Crippen LogP contribution < -0.4 is 9.47 Å². The van der Waals surface area contributed by atoms with Crippen LogP contribution in [0.1, 0.15) is 15.9 Å². The summed E-state index contributed by atoms with van der Waals surface area (Å²) in [5, 5.41) is 4.45. The Morgan fingerprint density at radius 3 is 2.19 bits per heavy atom. The smallest absolute Gasteiger partial charge is 0.231 e. The van der Waals surface area contributed by atoms with Gasteiger partial charge in [0.05, 0.1) is 12.7 Å². The molecule has 27 heavy (non-hydrogen) atoms. The maximum Gasteiger partial charge on any atom is 0.231 e. The highest BCUT2D eigenvalue weighted by Gasteiger charge is 2.28. The number of benzene rings is 4. The molecule has 4 aromatic carbocycles. The first-order chi connectivity index (χ1) is 13.2. The van der Waals surface area contributed by atoms with E-state index < -0.39 is 0 Å². The van der Waals surface area contributed by atoms with Crippen LogP contribution in [-0.2, 0) is 0 Å². The first kappa shape index (κ1) is 15.6. The molecule has 0 aliphatic carbocycles. The number of hydrogen-bond acceptors (Lipinski definition) is 3. The number of carbonyl (C=O) groups excluding carboxylic acids is 1. The molecule has 0 bridgehead atoms. The van der Waals surface area contributed by atoms with Gasteiger partial charge in [0.1, 0.15) is 11.5 Å². The molecular weight excluding hydrogens is 336 g/mol. The van der Waals surface area contributed by atoms with E-state index in [4.69, 9.17) is 9.47 Å². The van der Waals surface area contributed by atoms with Crippen LogP contribution in [0.5, 0.6) is 11.5 Å². The lowest BCUT2D eigenvalue weighted by Crippen LogP contribution is -1.98. The lowest BCUT2D eigenvalue weighted by atomic mass is 9.96. The predicted molar refractivity (Wildman–Crippen MR) is 107 cm³/mol. The molecule has 0 radical (unpaired) electrons. The van der Waals surface area contributed by atoms with Gasteiger partial charge in [-0.15, -0.1) is 0 Å². The molecule has 0 amide bonds. The lowest BCUT2D eigenvalue weighted by Gasteiger charge is -2.09. The average molecular weight is 352 g/mol. The van der Waals surface area contributed by atoms with E-state index in [1.54, 1.807) is 25.3 Å². The van der Waals surface area contributed by atoms with Crippen molar-refractivity contribution in [1.29, 1.82) is 0 Å². The molecular formula is C24H16O3. The Bertz CT molecular complexity index is 1200. The topological polar surface area (TPSA) is 35.5 Å². The Kier molecular flexibility index (Phi) is 3.47. The van der Waals surface area contributed by atoms with E-state index in [1.807, 2.05) is 30.3 Å². The SMILES string of the molecule is COc1ccc2c(c1)O/C(=C/c1c3ccccc3cc3ccccc13)C2=O. The third kappa shape index (κ3) is 2.48. The van der Waals surface area contributed by atoms with E-state index in [0.29, 0.717) is 22.8 Å². The van der Waals surface area contributed by atoms with Gasteiger partial charge in [-0.1, -0.05) is 48.5 Å². The van der Waals surface area contributed by atoms with Gasteiger partial charge < -0.3 is 9.47 Å². The van der Waals surface area contributed by atoms with Gasteiger partial charge in [0, 0.05) is 6.07 Å². The van der Waals surface area contributed by atoms with Crippen molar-refractivity contribution < 1.29 is 14.3 Å². The van der Waals surface area contributed by atoms with Gasteiger partial charge in [0.2, 0.25) is 5.78 Å². The summed E-state index contributed by atoms with van der Waals surface area (Å²) in [4.78, 5) is 12.8. The molecule has 0 saturated heterocycles. The Morgan fingerprint density at radius 1 is 0.852 bits per heavy atom. The van der Waals surface area contributed by atoms with E-state index in [2.05, 4.69) is 30.3 Å². The lowest BCUT2D eigenvalue weighted by molar-refractivity contribution is 0.101. The van der Waals surface area contributed by atoms with E-state index in [1.165, 1.54) is 0 Å². The fraction of sp³-hybridized carbons (Fsp3) is 0.0417. The Morgan fingerprint density at radius 2 is 1.52 bits per heavy atom. The van der Waals surface area contributed by atoms with Crippen molar-refractivity contribution in [2.75, 3.05) is 7.11 Å². The summed E-state index contributed by atoms with van der Waals surface area (Å²) in [7, 11) is 1.59. The summed E-state index contributed by atoms with van der Waals surface area (Å²) in [6, 6.07) is 23.8. The number of methoxy groups -OCH3 is 1. The van der Waals surface area contributed by atoms with E-state index in [0.717, 1.165) is 27.1 Å². The summed E-state index contributed by atoms with van der Waals surface area (Å²) in [6.45, 7) is 0. The van der Waals surface area contributed by atoms with Crippen LogP contribution in [0.15, 0.2) is 78.6 Å². The Balaban J connectivity index is 1.73. The molecule has 5 rings (SSSR count). The number of ether oxygens (including phenoxy) is 2. The molecule has 0 N–H and O–H groups in total. The molecule has 0 aromatic heterocycles. The second kappa shape index (κ2) is 5.99. The quantitative estimate of drug-likeness (QED) is 0.347. The van der Waals surface area contributed by atoms with Gasteiger partial charge in [-0.3, -0.25) is 4.79 Å². The first-order valence-electron chi connectivity index (χ1n) is 8.77. The Labute approximate surface area is 156 Å². The molecule has 1 aliphatic rings. The fourth-order valence-electron chi connectivity index (χ4n) is 3.63. The van der Waals surface area contributed by atoms with Crippen LogP contribution >= 0.6 is 0 Å². The molecule has 4 aromatic rings. The van der Waals surface area contributed by atoms with Crippen molar-refractivity contribution in [2.45, 2.75) is 0 Å². The van der Waals surface area contributed by atoms with E-state index >= 15 is 0 Å². The summed E-state index contributed by atoms with van der Waals surface area (Å²) in [5.74, 6) is 1.43. The van der Waals surface area contributed by atoms with Crippen LogP contribution in [0.3, 0.4) is 0 Å². The maximum atomic E-state index is 12.8. The second-order valence-corrected chi connectivity index (χ2v) is 6.53. The van der Waals surface area contributed by atoms with Crippen LogP contribution in [0.4, 0.5) is 0 Å². The van der Waals surface area contributed by atoms with Gasteiger partial charge in [-0.2, -0.15) is 0 Å². The van der Waals surface area contributed by atoms with Crippen molar-refractivity contribution in [1.82, 2.24) is 0 Å². The Hall–Kier alpha value is -3.59. The van der Waals surface area contributed by atoms with Crippen molar-refractivity contribution >= 4 is 33.4 Å². The number of Topliss-reactive ketones (excluding diaryl/α,β-unsaturated/α-hetero) is 1. The second-order valence-electron chi connectivity index (χ2n) is 6.53. The van der Waals surface area contributed by atoms with E-state index in [-0.39, 0.29) is 5.78 Å². The third-order valence-electron chi connectivity index (χ3n) is 4.97. The van der Waals surface area contributed by atoms with Gasteiger partial charge in [-0.25, -0.2) is 0 Å². The van der Waals surface area contributed by atoms with E-state index in [9.17, 15) is 4.79 Å². The molecule has 0 saturated carbocycles. The highest BCUT2D eigenvalue weighted by molar-refractivity contribution is 6.17. The molecule has 3 heteroatoms. The molecule has 0 atom stereocenters. The highest BCUT2D eigenvalue weighted by Crippen LogP contribution is 2.37. The van der Waals surface area contributed by atoms with Crippen molar-refractivity contribution in [2.24, 2.45) is 0 Å². The number of ketones is 1. The minimum atomic E-state index is -0.107. The number of allylic oxidation sites excluding steroid dienone is 1. The average Bonchev–Trinajstić information content (AvgIpc) is 3.02. The number of carbonyl (C=O) groups is 1. The first-order valence-corrected chi connectivity index (χ1v) is 8.77. The molecule has 1 aliphatic heterocycles. The highest BCUT2D eigenvalue weighted by atomic mass is 16.5. The minimum Gasteiger partial charge on any atom is -0.497 e. The predicted octanol–water partition coefficient (Wildman–Crippen LogP) is 5.62. The monoisotopic (exact) mass is 352 g/mol. The summed E-state index contributed by atoms with van der Waals surface area (Å²) in [5.41, 5.74) is 1.55. The van der Waals surface area contributed by atoms with Crippen LogP contribution in [-0.4, -0.2) is 12.9 Å². The molecule has 0 fully saturated rings. The van der Waals surface area contributed by atoms with Gasteiger partial charge in [0.15, 0.2) is 5.76 Å². The van der Waals surface area contributed by atoms with Gasteiger partial charge >= 0.3 is 0 Å². The standard InChI is InChI=1S/C24H16O3/c1-26-17-10-11-20-22(13-17)27-23(24(20)25)14-21-18-8-4-2-6-15(18)12-16-7-3-5-9-19(16)21/h2-14H,1H3/b23-14+. The zero-order valence-corrected chi connectivity index (χ0v) is 14.7. The fourth-order valence-corrected chi connectivity index (χ4v) is 3.63. The molecule has 0 spiro atoms. The number of hydrogen-bond donors (Lipinski definition) is 0. The largest absolute Gasteiger partial charge is 0.497 e. The van der Waals surface area contributed by atoms with Gasteiger partial charge in [0.25, 0.3) is 0 Å². The normalized spacial score (nSPS) is 14.6. The third-order valence-corrected chi connectivity index (χ3v) is 4.97. The van der Waals surface area contributed by atoms with Crippen LogP contribution in [0, 0.1) is 0 Å².